The molecular weight excluding hydrogens is 420 g/mol. The smallest absolute Gasteiger partial charge is 0.160 e. The summed E-state index contributed by atoms with van der Waals surface area (Å²) >= 11 is 1.49. The van der Waals surface area contributed by atoms with Crippen LogP contribution in [0.5, 0.6) is 0 Å². The van der Waals surface area contributed by atoms with Crippen molar-refractivity contribution in [3.8, 4) is 27.8 Å². The number of rotatable bonds is 4. The van der Waals surface area contributed by atoms with E-state index in [1.165, 1.54) is 11.3 Å². The van der Waals surface area contributed by atoms with Crippen molar-refractivity contribution in [3.05, 3.63) is 59.4 Å². The maximum Gasteiger partial charge on any atom is 0.160 e. The third-order valence-electron chi connectivity index (χ3n) is 5.97. The molecule has 1 aliphatic rings. The lowest BCUT2D eigenvalue weighted by Gasteiger charge is -2.33. The van der Waals surface area contributed by atoms with Crippen LogP contribution in [0.2, 0.25) is 0 Å². The van der Waals surface area contributed by atoms with Crippen LogP contribution in [0.15, 0.2) is 48.8 Å². The molecule has 0 spiro atoms. The van der Waals surface area contributed by atoms with Crippen molar-refractivity contribution in [1.29, 1.82) is 5.26 Å². The number of aryl methyl sites for hydroxylation is 1. The number of nitrogens with zero attached hydrogens (tertiary/aromatic N) is 5. The molecule has 32 heavy (non-hydrogen) atoms. The van der Waals surface area contributed by atoms with Gasteiger partial charge in [0.15, 0.2) is 6.23 Å². The summed E-state index contributed by atoms with van der Waals surface area (Å²) in [6, 6.07) is 15.8. The Kier molecular flexibility index (Phi) is 5.49. The maximum atomic E-state index is 11.1. The lowest BCUT2D eigenvalue weighted by atomic mass is 10.0. The second-order valence-corrected chi connectivity index (χ2v) is 9.28. The Hall–Kier alpha value is -3.09. The van der Waals surface area contributed by atoms with Gasteiger partial charge in [-0.25, -0.2) is 9.97 Å². The number of hydrogen-bond acceptors (Lipinski definition) is 7. The highest BCUT2D eigenvalue weighted by Gasteiger charge is 2.27. The number of benzene rings is 2. The number of aliphatic hydroxyl groups excluding tert-OH is 1. The van der Waals surface area contributed by atoms with Gasteiger partial charge in [-0.05, 0) is 42.7 Å². The Labute approximate surface area is 190 Å². The Balaban J connectivity index is 1.60. The van der Waals surface area contributed by atoms with Gasteiger partial charge >= 0.3 is 0 Å². The van der Waals surface area contributed by atoms with Crippen molar-refractivity contribution in [2.75, 3.05) is 13.1 Å². The molecule has 3 N–H and O–H groups in total. The fourth-order valence-corrected chi connectivity index (χ4v) is 5.34. The van der Waals surface area contributed by atoms with Crippen LogP contribution in [0.1, 0.15) is 29.6 Å². The Morgan fingerprint density at radius 3 is 2.75 bits per heavy atom. The number of aromatic nitrogens is 3. The van der Waals surface area contributed by atoms with E-state index in [4.69, 9.17) is 16.0 Å². The Bertz CT molecular complexity index is 1300. The van der Waals surface area contributed by atoms with Gasteiger partial charge in [0.25, 0.3) is 0 Å². The van der Waals surface area contributed by atoms with Crippen LogP contribution in [-0.2, 0) is 7.05 Å². The summed E-state index contributed by atoms with van der Waals surface area (Å²) in [4.78, 5) is 12.3. The van der Waals surface area contributed by atoms with E-state index in [0.717, 1.165) is 52.1 Å². The fraction of sp³-hybridized carbons (Fsp3) is 0.292. The van der Waals surface area contributed by atoms with Gasteiger partial charge in [-0.3, -0.25) is 4.90 Å². The summed E-state index contributed by atoms with van der Waals surface area (Å²) in [6.07, 6.45) is 2.95. The average molecular weight is 445 g/mol. The van der Waals surface area contributed by atoms with Crippen molar-refractivity contribution < 1.29 is 5.11 Å². The molecule has 0 aliphatic carbocycles. The zero-order valence-corrected chi connectivity index (χ0v) is 18.6. The van der Waals surface area contributed by atoms with E-state index in [1.807, 2.05) is 28.6 Å². The number of nitriles is 1. The fourth-order valence-electron chi connectivity index (χ4n) is 4.24. The molecule has 1 unspecified atom stereocenters. The maximum absolute atomic E-state index is 11.1. The quantitative estimate of drug-likeness (QED) is 0.498. The number of aliphatic hydroxyl groups is 1. The van der Waals surface area contributed by atoms with Crippen LogP contribution in [0, 0.1) is 11.3 Å². The minimum atomic E-state index is -0.796. The van der Waals surface area contributed by atoms with Crippen molar-refractivity contribution >= 4 is 22.4 Å². The molecule has 0 radical (unpaired) electrons. The molecule has 0 bridgehead atoms. The van der Waals surface area contributed by atoms with Crippen LogP contribution in [0.25, 0.3) is 32.7 Å². The number of imidazole rings is 1. The lowest BCUT2D eigenvalue weighted by Crippen LogP contribution is -2.44. The predicted octanol–water partition coefficient (Wildman–Crippen LogP) is 3.65. The van der Waals surface area contributed by atoms with Gasteiger partial charge in [-0.1, -0.05) is 18.2 Å². The van der Waals surface area contributed by atoms with E-state index in [9.17, 15) is 5.11 Å². The van der Waals surface area contributed by atoms with Crippen molar-refractivity contribution in [2.24, 2.45) is 12.8 Å². The number of thiazole rings is 1. The van der Waals surface area contributed by atoms with Crippen LogP contribution >= 0.6 is 11.3 Å². The van der Waals surface area contributed by atoms with E-state index >= 15 is 0 Å². The van der Waals surface area contributed by atoms with E-state index in [-0.39, 0.29) is 6.04 Å². The average Bonchev–Trinajstić information content (AvgIpc) is 3.43. The molecule has 1 saturated heterocycles. The number of piperidine rings is 1. The van der Waals surface area contributed by atoms with E-state index in [1.54, 1.807) is 18.5 Å². The molecule has 1 fully saturated rings. The van der Waals surface area contributed by atoms with Gasteiger partial charge < -0.3 is 15.4 Å². The third kappa shape index (κ3) is 3.80. The Morgan fingerprint density at radius 1 is 1.22 bits per heavy atom. The van der Waals surface area contributed by atoms with E-state index < -0.39 is 6.23 Å². The highest BCUT2D eigenvalue weighted by Crippen LogP contribution is 2.40. The molecule has 0 amide bonds. The SMILES string of the molecule is Cn1cnc2cc(-c3sc(C(O)N4CCC[C@@H](N)C4)nc3-c3ccc(C#N)cc3)ccc21. The Morgan fingerprint density at radius 2 is 2.00 bits per heavy atom. The number of fused-ring (bicyclic) bond motifs is 1. The minimum absolute atomic E-state index is 0.0717. The topological polar surface area (TPSA) is 104 Å². The molecule has 162 valence electrons. The van der Waals surface area contributed by atoms with Crippen molar-refractivity contribution in [1.82, 2.24) is 19.4 Å². The summed E-state index contributed by atoms with van der Waals surface area (Å²) in [6.45, 7) is 1.46. The third-order valence-corrected chi connectivity index (χ3v) is 7.12. The molecule has 2 atom stereocenters. The summed E-state index contributed by atoms with van der Waals surface area (Å²) in [5.74, 6) is 0. The van der Waals surface area contributed by atoms with Gasteiger partial charge in [-0.15, -0.1) is 11.3 Å². The first kappa shape index (κ1) is 20.8. The molecule has 4 aromatic rings. The molecule has 5 rings (SSSR count). The first-order chi connectivity index (χ1) is 15.5. The van der Waals surface area contributed by atoms with Crippen molar-refractivity contribution in [3.63, 3.8) is 0 Å². The van der Waals surface area contributed by atoms with Gasteiger partial charge in [0, 0.05) is 31.7 Å². The molecule has 2 aromatic heterocycles. The normalized spacial score (nSPS) is 18.0. The van der Waals surface area contributed by atoms with Gasteiger partial charge in [0.05, 0.1) is 39.6 Å². The largest absolute Gasteiger partial charge is 0.372 e. The van der Waals surface area contributed by atoms with Gasteiger partial charge in [0.2, 0.25) is 0 Å². The zero-order chi connectivity index (χ0) is 22.2. The first-order valence-corrected chi connectivity index (χ1v) is 11.5. The molecular formula is C24H24N6OS. The van der Waals surface area contributed by atoms with Crippen LogP contribution < -0.4 is 5.73 Å². The molecule has 2 aromatic carbocycles. The van der Waals surface area contributed by atoms with E-state index in [2.05, 4.69) is 29.3 Å². The highest BCUT2D eigenvalue weighted by atomic mass is 32.1. The monoisotopic (exact) mass is 444 g/mol. The summed E-state index contributed by atoms with van der Waals surface area (Å²) in [5, 5.41) is 20.9. The second kappa shape index (κ2) is 8.45. The number of likely N-dealkylation sites (tertiary alicyclic amines) is 1. The van der Waals surface area contributed by atoms with Crippen molar-refractivity contribution in [2.45, 2.75) is 25.1 Å². The zero-order valence-electron chi connectivity index (χ0n) is 17.8. The van der Waals surface area contributed by atoms with Crippen LogP contribution in [-0.4, -0.2) is 43.7 Å². The highest BCUT2D eigenvalue weighted by molar-refractivity contribution is 7.15. The van der Waals surface area contributed by atoms with Crippen LogP contribution in [0.3, 0.4) is 0 Å². The molecule has 1 aliphatic heterocycles. The summed E-state index contributed by atoms with van der Waals surface area (Å²) < 4.78 is 1.99. The summed E-state index contributed by atoms with van der Waals surface area (Å²) in [5.41, 5.74) is 11.4. The minimum Gasteiger partial charge on any atom is -0.372 e. The number of hydrogen-bond donors (Lipinski definition) is 2. The molecule has 0 saturated carbocycles. The standard InChI is InChI=1S/C24H24N6OS/c1-29-14-27-19-11-17(8-9-20(19)29)22-21(16-6-4-15(12-25)5-7-16)28-23(32-22)24(31)30-10-2-3-18(26)13-30/h4-9,11,14,18,24,31H,2-3,10,13,26H2,1H3/t18-,24?/m1/s1. The van der Waals surface area contributed by atoms with E-state index in [0.29, 0.717) is 17.1 Å². The number of nitrogens with two attached hydrogens (primary N) is 1. The van der Waals surface area contributed by atoms with Gasteiger partial charge in [-0.2, -0.15) is 5.26 Å². The molecule has 3 heterocycles. The lowest BCUT2D eigenvalue weighted by molar-refractivity contribution is -0.0144. The predicted molar refractivity (Wildman–Crippen MR) is 126 cm³/mol. The van der Waals surface area contributed by atoms with Gasteiger partial charge in [0.1, 0.15) is 5.01 Å². The molecule has 8 heteroatoms. The second-order valence-electron chi connectivity index (χ2n) is 8.25. The molecule has 7 nitrogen and oxygen atoms in total. The van der Waals surface area contributed by atoms with Crippen LogP contribution in [0.4, 0.5) is 0 Å². The first-order valence-electron chi connectivity index (χ1n) is 10.6. The summed E-state index contributed by atoms with van der Waals surface area (Å²) in [7, 11) is 1.97.